The molecule has 8 heteroatoms. The van der Waals surface area contributed by atoms with Gasteiger partial charge in [0.2, 0.25) is 0 Å². The number of nitrogens with one attached hydrogen (secondary N) is 1. The van der Waals surface area contributed by atoms with Crippen LogP contribution in [0, 0.1) is 0 Å². The van der Waals surface area contributed by atoms with E-state index in [1.165, 1.54) is 6.20 Å². The molecule has 144 valence electrons. The zero-order valence-corrected chi connectivity index (χ0v) is 14.8. The number of rotatable bonds is 4. The van der Waals surface area contributed by atoms with Gasteiger partial charge in [-0.15, -0.1) is 0 Å². The molecule has 0 saturated heterocycles. The molecule has 1 atom stereocenters. The van der Waals surface area contributed by atoms with Crippen molar-refractivity contribution in [1.29, 1.82) is 0 Å². The van der Waals surface area contributed by atoms with Gasteiger partial charge in [0.1, 0.15) is 17.3 Å². The average Bonchev–Trinajstić information content (AvgIpc) is 2.72. The van der Waals surface area contributed by atoms with Crippen molar-refractivity contribution >= 4 is 5.82 Å². The van der Waals surface area contributed by atoms with E-state index in [0.29, 0.717) is 13.2 Å². The molecule has 3 heterocycles. The Balaban J connectivity index is 1.61. The average molecular weight is 386 g/mol. The number of ether oxygens (including phenoxy) is 1. The molecule has 1 aliphatic heterocycles. The van der Waals surface area contributed by atoms with E-state index in [1.807, 2.05) is 24.3 Å². The molecule has 1 N–H and O–H groups in total. The molecule has 5 nitrogen and oxygen atoms in total. The maximum Gasteiger partial charge on any atom is 0.433 e. The number of para-hydroxylation sites is 1. The largest absolute Gasteiger partial charge is 0.493 e. The van der Waals surface area contributed by atoms with Crippen molar-refractivity contribution in [2.24, 2.45) is 0 Å². The number of benzene rings is 1. The van der Waals surface area contributed by atoms with E-state index in [9.17, 15) is 13.2 Å². The zero-order valence-electron chi connectivity index (χ0n) is 14.8. The first-order valence-corrected chi connectivity index (χ1v) is 8.84. The number of alkyl halides is 3. The van der Waals surface area contributed by atoms with Crippen LogP contribution in [0.15, 0.2) is 54.7 Å². The number of halogens is 3. The van der Waals surface area contributed by atoms with Crippen molar-refractivity contribution in [2.75, 3.05) is 18.5 Å². The molecule has 28 heavy (non-hydrogen) atoms. The minimum Gasteiger partial charge on any atom is -0.493 e. The number of aromatic nitrogens is 3. The molecule has 1 unspecified atom stereocenters. The maximum absolute atomic E-state index is 13.3. The summed E-state index contributed by atoms with van der Waals surface area (Å²) in [6, 6.07) is 13.6. The van der Waals surface area contributed by atoms with Gasteiger partial charge in [-0.05, 0) is 30.2 Å². The molecule has 0 bridgehead atoms. The number of pyridine rings is 1. The molecular formula is C20H17F3N4O. The van der Waals surface area contributed by atoms with Crippen molar-refractivity contribution in [2.45, 2.75) is 18.5 Å². The van der Waals surface area contributed by atoms with Crippen LogP contribution in [0.3, 0.4) is 0 Å². The highest BCUT2D eigenvalue weighted by molar-refractivity contribution is 5.53. The zero-order chi connectivity index (χ0) is 19.6. The number of hydrogen-bond donors (Lipinski definition) is 1. The molecule has 0 aliphatic carbocycles. The molecule has 1 aliphatic rings. The summed E-state index contributed by atoms with van der Waals surface area (Å²) < 4.78 is 45.5. The Bertz CT molecular complexity index is 963. The fourth-order valence-electron chi connectivity index (χ4n) is 3.15. The van der Waals surface area contributed by atoms with Gasteiger partial charge in [-0.2, -0.15) is 13.2 Å². The van der Waals surface area contributed by atoms with E-state index in [0.717, 1.165) is 23.8 Å². The topological polar surface area (TPSA) is 59.9 Å². The van der Waals surface area contributed by atoms with Crippen LogP contribution in [0.5, 0.6) is 5.75 Å². The Morgan fingerprint density at radius 2 is 1.89 bits per heavy atom. The van der Waals surface area contributed by atoms with E-state index in [2.05, 4.69) is 20.3 Å². The van der Waals surface area contributed by atoms with Gasteiger partial charge in [0.15, 0.2) is 11.5 Å². The molecule has 0 fully saturated rings. The molecule has 0 radical (unpaired) electrons. The van der Waals surface area contributed by atoms with Crippen LogP contribution in [-0.2, 0) is 6.18 Å². The third kappa shape index (κ3) is 3.90. The van der Waals surface area contributed by atoms with Crippen LogP contribution in [0.1, 0.15) is 23.6 Å². The van der Waals surface area contributed by atoms with Crippen LogP contribution in [0.2, 0.25) is 0 Å². The first-order valence-electron chi connectivity index (χ1n) is 8.84. The fraction of sp³-hybridized carbons (Fsp3) is 0.250. The standard InChI is InChI=1S/C20H17F3N4O/c21-20(22,23)17-11-18(27-19(26-17)15-6-3-4-9-24-15)25-12-13-8-10-28-16-7-2-1-5-14(13)16/h1-7,9,11,13H,8,10,12H2,(H,25,26,27). The Labute approximate surface area is 159 Å². The van der Waals surface area contributed by atoms with Gasteiger partial charge < -0.3 is 10.1 Å². The second-order valence-corrected chi connectivity index (χ2v) is 6.43. The summed E-state index contributed by atoms with van der Waals surface area (Å²) in [5.41, 5.74) is 0.322. The van der Waals surface area contributed by atoms with Crippen LogP contribution in [0.25, 0.3) is 11.5 Å². The first kappa shape index (κ1) is 18.2. The van der Waals surface area contributed by atoms with Gasteiger partial charge in [0, 0.05) is 24.7 Å². The highest BCUT2D eigenvalue weighted by atomic mass is 19.4. The SMILES string of the molecule is FC(F)(F)c1cc(NCC2CCOc3ccccc32)nc(-c2ccccn2)n1. The Morgan fingerprint density at radius 1 is 1.07 bits per heavy atom. The van der Waals surface area contributed by atoms with Crippen molar-refractivity contribution < 1.29 is 17.9 Å². The summed E-state index contributed by atoms with van der Waals surface area (Å²) in [6.07, 6.45) is -2.31. The van der Waals surface area contributed by atoms with Crippen LogP contribution in [0.4, 0.5) is 19.0 Å². The first-order chi connectivity index (χ1) is 13.5. The number of hydrogen-bond acceptors (Lipinski definition) is 5. The lowest BCUT2D eigenvalue weighted by Gasteiger charge is -2.26. The van der Waals surface area contributed by atoms with E-state index in [4.69, 9.17) is 4.74 Å². The number of nitrogens with zero attached hydrogens (tertiary/aromatic N) is 3. The molecule has 3 aromatic rings. The second kappa shape index (κ2) is 7.46. The Morgan fingerprint density at radius 3 is 2.68 bits per heavy atom. The lowest BCUT2D eigenvalue weighted by atomic mass is 9.93. The van der Waals surface area contributed by atoms with Crippen molar-refractivity contribution in [1.82, 2.24) is 15.0 Å². The highest BCUT2D eigenvalue weighted by Gasteiger charge is 2.34. The van der Waals surface area contributed by atoms with Crippen LogP contribution in [-0.4, -0.2) is 28.1 Å². The maximum atomic E-state index is 13.3. The molecular weight excluding hydrogens is 369 g/mol. The number of fused-ring (bicyclic) bond motifs is 1. The number of anilines is 1. The third-order valence-corrected chi connectivity index (χ3v) is 4.52. The minimum absolute atomic E-state index is 0.0645. The predicted octanol–water partition coefficient (Wildman–Crippen LogP) is 4.54. The lowest BCUT2D eigenvalue weighted by Crippen LogP contribution is -2.21. The fourth-order valence-corrected chi connectivity index (χ4v) is 3.15. The molecule has 1 aromatic carbocycles. The smallest absolute Gasteiger partial charge is 0.433 e. The van der Waals surface area contributed by atoms with E-state index < -0.39 is 11.9 Å². The molecule has 4 rings (SSSR count). The van der Waals surface area contributed by atoms with Crippen LogP contribution >= 0.6 is 0 Å². The minimum atomic E-state index is -4.58. The van der Waals surface area contributed by atoms with Crippen LogP contribution < -0.4 is 10.1 Å². The second-order valence-electron chi connectivity index (χ2n) is 6.43. The van der Waals surface area contributed by atoms with Gasteiger partial charge in [-0.3, -0.25) is 4.98 Å². The van der Waals surface area contributed by atoms with E-state index in [-0.39, 0.29) is 23.3 Å². The molecule has 0 spiro atoms. The summed E-state index contributed by atoms with van der Waals surface area (Å²) in [6.45, 7) is 1.01. The Kier molecular flexibility index (Phi) is 4.85. The summed E-state index contributed by atoms with van der Waals surface area (Å²) in [4.78, 5) is 11.9. The summed E-state index contributed by atoms with van der Waals surface area (Å²) in [5.74, 6) is 0.984. The lowest BCUT2D eigenvalue weighted by molar-refractivity contribution is -0.141. The molecule has 2 aromatic heterocycles. The molecule has 0 amide bonds. The van der Waals surface area contributed by atoms with E-state index in [1.54, 1.807) is 18.2 Å². The van der Waals surface area contributed by atoms with Gasteiger partial charge in [-0.1, -0.05) is 24.3 Å². The van der Waals surface area contributed by atoms with E-state index >= 15 is 0 Å². The monoisotopic (exact) mass is 386 g/mol. The van der Waals surface area contributed by atoms with Crippen molar-refractivity contribution in [3.63, 3.8) is 0 Å². The summed E-state index contributed by atoms with van der Waals surface area (Å²) in [7, 11) is 0. The third-order valence-electron chi connectivity index (χ3n) is 4.52. The van der Waals surface area contributed by atoms with Gasteiger partial charge in [0.05, 0.1) is 6.61 Å². The van der Waals surface area contributed by atoms with Gasteiger partial charge in [-0.25, -0.2) is 9.97 Å². The normalized spacial score (nSPS) is 16.2. The summed E-state index contributed by atoms with van der Waals surface area (Å²) >= 11 is 0. The highest BCUT2D eigenvalue weighted by Crippen LogP contribution is 2.34. The predicted molar refractivity (Wildman–Crippen MR) is 98.0 cm³/mol. The van der Waals surface area contributed by atoms with Crippen molar-refractivity contribution in [3.8, 4) is 17.3 Å². The van der Waals surface area contributed by atoms with Gasteiger partial charge >= 0.3 is 6.18 Å². The molecule has 0 saturated carbocycles. The summed E-state index contributed by atoms with van der Waals surface area (Å²) in [5, 5.41) is 3.04. The quantitative estimate of drug-likeness (QED) is 0.714. The van der Waals surface area contributed by atoms with Gasteiger partial charge in [0.25, 0.3) is 0 Å². The van der Waals surface area contributed by atoms with Crippen molar-refractivity contribution in [3.05, 3.63) is 66.0 Å². The Hall–Kier alpha value is -3.16.